The number of aryl methyl sites for hydroxylation is 1. The predicted molar refractivity (Wildman–Crippen MR) is 116 cm³/mol. The minimum absolute atomic E-state index is 0.128. The van der Waals surface area contributed by atoms with Crippen LogP contribution in [0.15, 0.2) is 82.2 Å². The highest BCUT2D eigenvalue weighted by atomic mass is 16.4. The molecule has 4 heteroatoms. The van der Waals surface area contributed by atoms with Gasteiger partial charge in [-0.2, -0.15) is 0 Å². The third-order valence-corrected chi connectivity index (χ3v) is 5.11. The molecular formula is C26H22NO3-. The standard InChI is InChI=1S/C26H23NO3/c1-16(2)18-5-7-19(8-6-18)25-15-23(22-14-17(3)4-13-24(22)30-25)27-21-11-9-20(10-12-21)26(28)29/h4-16H,1-3H3,(H,28,29)/p-1. The zero-order valence-corrected chi connectivity index (χ0v) is 17.2. The van der Waals surface area contributed by atoms with E-state index in [0.717, 1.165) is 33.2 Å². The highest BCUT2D eigenvalue weighted by Crippen LogP contribution is 2.25. The first-order valence-corrected chi connectivity index (χ1v) is 9.92. The summed E-state index contributed by atoms with van der Waals surface area (Å²) < 4.78 is 6.19. The summed E-state index contributed by atoms with van der Waals surface area (Å²) in [6, 6.07) is 22.6. The Bertz CT molecular complexity index is 1280. The average Bonchev–Trinajstić information content (AvgIpc) is 2.74. The Hall–Kier alpha value is -3.66. The molecule has 4 aromatic rings. The van der Waals surface area contributed by atoms with Crippen molar-refractivity contribution in [1.82, 2.24) is 0 Å². The van der Waals surface area contributed by atoms with Crippen molar-refractivity contribution >= 4 is 22.6 Å². The van der Waals surface area contributed by atoms with Crippen LogP contribution >= 0.6 is 0 Å². The lowest BCUT2D eigenvalue weighted by Gasteiger charge is -2.09. The van der Waals surface area contributed by atoms with Crippen LogP contribution in [0.4, 0.5) is 5.69 Å². The zero-order chi connectivity index (χ0) is 21.3. The average molecular weight is 396 g/mol. The van der Waals surface area contributed by atoms with E-state index in [1.807, 2.05) is 31.2 Å². The molecule has 0 saturated heterocycles. The third kappa shape index (κ3) is 4.03. The first-order chi connectivity index (χ1) is 14.4. The summed E-state index contributed by atoms with van der Waals surface area (Å²) >= 11 is 0. The summed E-state index contributed by atoms with van der Waals surface area (Å²) in [6.07, 6.45) is 0. The second-order valence-corrected chi connectivity index (χ2v) is 7.72. The van der Waals surface area contributed by atoms with E-state index in [-0.39, 0.29) is 5.56 Å². The molecule has 0 bridgehead atoms. The highest BCUT2D eigenvalue weighted by Gasteiger charge is 2.08. The fourth-order valence-electron chi connectivity index (χ4n) is 3.36. The molecule has 0 saturated carbocycles. The van der Waals surface area contributed by atoms with Gasteiger partial charge in [-0.05, 0) is 48.2 Å². The van der Waals surface area contributed by atoms with Gasteiger partial charge in [0.25, 0.3) is 0 Å². The molecule has 0 atom stereocenters. The summed E-state index contributed by atoms with van der Waals surface area (Å²) in [6.45, 7) is 6.36. The minimum atomic E-state index is -1.20. The molecule has 0 fully saturated rings. The van der Waals surface area contributed by atoms with E-state index >= 15 is 0 Å². The van der Waals surface area contributed by atoms with Crippen LogP contribution in [0.5, 0.6) is 0 Å². The summed E-state index contributed by atoms with van der Waals surface area (Å²) in [7, 11) is 0. The summed E-state index contributed by atoms with van der Waals surface area (Å²) in [5.41, 5.74) is 4.89. The third-order valence-electron chi connectivity index (χ3n) is 5.11. The topological polar surface area (TPSA) is 65.6 Å². The maximum Gasteiger partial charge on any atom is 0.136 e. The van der Waals surface area contributed by atoms with Crippen molar-refractivity contribution in [3.8, 4) is 11.3 Å². The molecule has 0 aliphatic carbocycles. The lowest BCUT2D eigenvalue weighted by Crippen LogP contribution is -2.21. The van der Waals surface area contributed by atoms with Gasteiger partial charge in [0, 0.05) is 17.0 Å². The van der Waals surface area contributed by atoms with Gasteiger partial charge in [0.2, 0.25) is 0 Å². The van der Waals surface area contributed by atoms with Gasteiger partial charge in [0.15, 0.2) is 0 Å². The molecule has 150 valence electrons. The van der Waals surface area contributed by atoms with Gasteiger partial charge in [0.05, 0.1) is 17.0 Å². The van der Waals surface area contributed by atoms with Gasteiger partial charge in [-0.3, -0.25) is 0 Å². The van der Waals surface area contributed by atoms with Crippen molar-refractivity contribution in [2.75, 3.05) is 0 Å². The smallest absolute Gasteiger partial charge is 0.136 e. The second-order valence-electron chi connectivity index (χ2n) is 7.72. The zero-order valence-electron chi connectivity index (χ0n) is 17.2. The lowest BCUT2D eigenvalue weighted by molar-refractivity contribution is -0.255. The predicted octanol–water partition coefficient (Wildman–Crippen LogP) is 5.13. The molecule has 0 amide bonds. The maximum atomic E-state index is 11.0. The number of aromatic carboxylic acids is 1. The molecule has 0 N–H and O–H groups in total. The van der Waals surface area contributed by atoms with Crippen molar-refractivity contribution < 1.29 is 14.3 Å². The monoisotopic (exact) mass is 396 g/mol. The number of carboxylic acid groups (broad SMARTS) is 1. The van der Waals surface area contributed by atoms with Crippen molar-refractivity contribution in [1.29, 1.82) is 0 Å². The van der Waals surface area contributed by atoms with Crippen molar-refractivity contribution in [3.05, 3.63) is 94.8 Å². The number of nitrogens with zero attached hydrogens (tertiary/aromatic N) is 1. The fourth-order valence-corrected chi connectivity index (χ4v) is 3.36. The van der Waals surface area contributed by atoms with Gasteiger partial charge < -0.3 is 14.3 Å². The van der Waals surface area contributed by atoms with Crippen LogP contribution < -0.4 is 10.5 Å². The van der Waals surface area contributed by atoms with Gasteiger partial charge in [0.1, 0.15) is 11.3 Å². The summed E-state index contributed by atoms with van der Waals surface area (Å²) in [5, 5.41) is 12.7. The highest BCUT2D eigenvalue weighted by molar-refractivity contribution is 5.86. The molecular weight excluding hydrogens is 374 g/mol. The van der Waals surface area contributed by atoms with Crippen LogP contribution in [0, 0.1) is 6.92 Å². The molecule has 0 radical (unpaired) electrons. The van der Waals surface area contributed by atoms with Crippen LogP contribution in [-0.4, -0.2) is 5.97 Å². The number of fused-ring (bicyclic) bond motifs is 1. The summed E-state index contributed by atoms with van der Waals surface area (Å²) in [4.78, 5) is 15.8. The Morgan fingerprint density at radius 3 is 2.27 bits per heavy atom. The maximum absolute atomic E-state index is 11.0. The SMILES string of the molecule is Cc1ccc2oc(-c3ccc(C(C)C)cc3)cc(=Nc3ccc(C(=O)[O-])cc3)c2c1. The number of hydrogen-bond donors (Lipinski definition) is 0. The molecule has 0 aliphatic heterocycles. The first-order valence-electron chi connectivity index (χ1n) is 9.92. The van der Waals surface area contributed by atoms with E-state index in [1.165, 1.54) is 17.7 Å². The lowest BCUT2D eigenvalue weighted by atomic mass is 10.0. The number of carbonyl (C=O) groups is 1. The Labute approximate surface area is 175 Å². The van der Waals surface area contributed by atoms with Crippen LogP contribution in [-0.2, 0) is 0 Å². The van der Waals surface area contributed by atoms with Crippen LogP contribution in [0.2, 0.25) is 0 Å². The van der Waals surface area contributed by atoms with Gasteiger partial charge in [-0.1, -0.05) is 61.9 Å². The van der Waals surface area contributed by atoms with Crippen molar-refractivity contribution in [2.45, 2.75) is 26.7 Å². The Kier molecular flexibility index (Phi) is 5.23. The minimum Gasteiger partial charge on any atom is -0.545 e. The molecule has 1 aromatic heterocycles. The normalized spacial score (nSPS) is 11.9. The molecule has 4 rings (SSSR count). The molecule has 30 heavy (non-hydrogen) atoms. The molecule has 0 spiro atoms. The fraction of sp³-hybridized carbons (Fsp3) is 0.154. The summed E-state index contributed by atoms with van der Waals surface area (Å²) in [5.74, 6) is -0.00913. The van der Waals surface area contributed by atoms with Crippen molar-refractivity contribution in [3.63, 3.8) is 0 Å². The van der Waals surface area contributed by atoms with Crippen LogP contribution in [0.3, 0.4) is 0 Å². The van der Waals surface area contributed by atoms with E-state index in [2.05, 4.69) is 38.1 Å². The number of carbonyl (C=O) groups excluding carboxylic acids is 1. The van der Waals surface area contributed by atoms with E-state index in [1.54, 1.807) is 12.1 Å². The number of carboxylic acids is 1. The van der Waals surface area contributed by atoms with E-state index in [0.29, 0.717) is 11.6 Å². The number of rotatable bonds is 4. The van der Waals surface area contributed by atoms with E-state index in [9.17, 15) is 9.90 Å². The number of hydrogen-bond acceptors (Lipinski definition) is 4. The van der Waals surface area contributed by atoms with E-state index < -0.39 is 5.97 Å². The van der Waals surface area contributed by atoms with Crippen LogP contribution in [0.25, 0.3) is 22.3 Å². The first kappa shape index (κ1) is 19.6. The molecule has 1 heterocycles. The Balaban J connectivity index is 1.88. The second kappa shape index (κ2) is 7.99. The quantitative estimate of drug-likeness (QED) is 0.480. The van der Waals surface area contributed by atoms with Gasteiger partial charge in [-0.15, -0.1) is 0 Å². The molecule has 0 aliphatic rings. The molecule has 3 aromatic carbocycles. The van der Waals surface area contributed by atoms with Crippen LogP contribution in [0.1, 0.15) is 41.3 Å². The Morgan fingerprint density at radius 2 is 1.63 bits per heavy atom. The Morgan fingerprint density at radius 1 is 0.933 bits per heavy atom. The van der Waals surface area contributed by atoms with Crippen molar-refractivity contribution in [2.24, 2.45) is 4.99 Å². The number of benzene rings is 3. The molecule has 0 unspecified atom stereocenters. The van der Waals surface area contributed by atoms with E-state index in [4.69, 9.17) is 9.41 Å². The largest absolute Gasteiger partial charge is 0.545 e. The molecule has 4 nitrogen and oxygen atoms in total. The van der Waals surface area contributed by atoms with Gasteiger partial charge in [-0.25, -0.2) is 4.99 Å². The van der Waals surface area contributed by atoms with Gasteiger partial charge >= 0.3 is 0 Å².